The molecule has 2 aromatic rings. The number of carbonyl (C=O) groups excluding carboxylic acids is 1. The van der Waals surface area contributed by atoms with Crippen molar-refractivity contribution in [1.29, 1.82) is 0 Å². The van der Waals surface area contributed by atoms with E-state index in [1.165, 1.54) is 11.1 Å². The third-order valence-corrected chi connectivity index (χ3v) is 4.47. The molecular weight excluding hydrogens is 272 g/mol. The third kappa shape index (κ3) is 3.38. The number of benzene rings is 2. The summed E-state index contributed by atoms with van der Waals surface area (Å²) in [5, 5.41) is 0. The maximum absolute atomic E-state index is 12.1. The lowest BCUT2D eigenvalue weighted by molar-refractivity contribution is -0.153. The molecule has 0 N–H and O–H groups in total. The van der Waals surface area contributed by atoms with Crippen molar-refractivity contribution in [3.8, 4) is 11.1 Å². The first-order valence-electron chi connectivity index (χ1n) is 8.10. The van der Waals surface area contributed by atoms with E-state index in [1.807, 2.05) is 25.1 Å². The molecule has 0 saturated heterocycles. The van der Waals surface area contributed by atoms with Crippen LogP contribution < -0.4 is 0 Å². The molecule has 0 radical (unpaired) electrons. The smallest absolute Gasteiger partial charge is 0.309 e. The Morgan fingerprint density at radius 2 is 1.55 bits per heavy atom. The van der Waals surface area contributed by atoms with Crippen molar-refractivity contribution in [2.75, 3.05) is 0 Å². The van der Waals surface area contributed by atoms with E-state index in [4.69, 9.17) is 4.74 Å². The maximum atomic E-state index is 12.1. The van der Waals surface area contributed by atoms with Gasteiger partial charge in [-0.05, 0) is 36.5 Å². The topological polar surface area (TPSA) is 26.3 Å². The highest BCUT2D eigenvalue weighted by atomic mass is 16.5. The Morgan fingerprint density at radius 1 is 0.955 bits per heavy atom. The summed E-state index contributed by atoms with van der Waals surface area (Å²) < 4.78 is 5.63. The number of rotatable bonds is 4. The van der Waals surface area contributed by atoms with Crippen LogP contribution in [0.1, 0.15) is 44.3 Å². The second-order valence-corrected chi connectivity index (χ2v) is 6.05. The van der Waals surface area contributed by atoms with E-state index in [1.54, 1.807) is 0 Å². The van der Waals surface area contributed by atoms with Gasteiger partial charge in [0.15, 0.2) is 0 Å². The second-order valence-electron chi connectivity index (χ2n) is 6.05. The second kappa shape index (κ2) is 6.78. The molecule has 0 spiro atoms. The summed E-state index contributed by atoms with van der Waals surface area (Å²) in [6, 6.07) is 18.6. The van der Waals surface area contributed by atoms with Gasteiger partial charge in [0.25, 0.3) is 0 Å². The predicted octanol–water partition coefficient (Wildman–Crippen LogP) is 5.15. The van der Waals surface area contributed by atoms with Crippen LogP contribution in [-0.2, 0) is 9.53 Å². The molecule has 2 heteroatoms. The lowest BCUT2D eigenvalue weighted by Crippen LogP contribution is -2.16. The van der Waals surface area contributed by atoms with Crippen LogP contribution in [-0.4, -0.2) is 5.97 Å². The summed E-state index contributed by atoms with van der Waals surface area (Å²) in [6.07, 6.45) is 4.09. The monoisotopic (exact) mass is 294 g/mol. The van der Waals surface area contributed by atoms with Crippen molar-refractivity contribution in [3.05, 3.63) is 60.2 Å². The van der Waals surface area contributed by atoms with Crippen molar-refractivity contribution < 1.29 is 9.53 Å². The number of esters is 1. The van der Waals surface area contributed by atoms with Gasteiger partial charge in [-0.1, -0.05) is 67.4 Å². The normalized spacial score (nSPS) is 16.4. The summed E-state index contributed by atoms with van der Waals surface area (Å²) in [5.74, 6) is 0.0863. The zero-order chi connectivity index (χ0) is 15.4. The average molecular weight is 294 g/mol. The SMILES string of the molecule is CC(OC(=O)C1CCCC1)c1ccc(-c2ccccc2)cc1. The molecule has 0 aromatic heterocycles. The molecule has 3 rings (SSSR count). The van der Waals surface area contributed by atoms with Crippen molar-refractivity contribution >= 4 is 5.97 Å². The van der Waals surface area contributed by atoms with Crippen molar-refractivity contribution in [2.45, 2.75) is 38.7 Å². The Kier molecular flexibility index (Phi) is 4.57. The Balaban J connectivity index is 1.66. The molecule has 1 saturated carbocycles. The quantitative estimate of drug-likeness (QED) is 0.729. The van der Waals surface area contributed by atoms with Crippen LogP contribution in [0.4, 0.5) is 0 Å². The van der Waals surface area contributed by atoms with Gasteiger partial charge in [0.2, 0.25) is 0 Å². The fourth-order valence-corrected chi connectivity index (χ4v) is 3.08. The van der Waals surface area contributed by atoms with Gasteiger partial charge < -0.3 is 4.74 Å². The van der Waals surface area contributed by atoms with E-state index >= 15 is 0 Å². The van der Waals surface area contributed by atoms with E-state index in [-0.39, 0.29) is 18.0 Å². The largest absolute Gasteiger partial charge is 0.458 e. The van der Waals surface area contributed by atoms with Crippen LogP contribution in [0, 0.1) is 5.92 Å². The highest BCUT2D eigenvalue weighted by molar-refractivity contribution is 5.73. The van der Waals surface area contributed by atoms with Gasteiger partial charge in [0.1, 0.15) is 6.10 Å². The lowest BCUT2D eigenvalue weighted by atomic mass is 10.0. The highest BCUT2D eigenvalue weighted by Crippen LogP contribution is 2.29. The summed E-state index contributed by atoms with van der Waals surface area (Å²) >= 11 is 0. The van der Waals surface area contributed by atoms with E-state index in [9.17, 15) is 4.79 Å². The highest BCUT2D eigenvalue weighted by Gasteiger charge is 2.25. The van der Waals surface area contributed by atoms with E-state index < -0.39 is 0 Å². The summed E-state index contributed by atoms with van der Waals surface area (Å²) in [6.45, 7) is 1.95. The van der Waals surface area contributed by atoms with E-state index in [0.29, 0.717) is 0 Å². The van der Waals surface area contributed by atoms with Crippen LogP contribution in [0.25, 0.3) is 11.1 Å². The van der Waals surface area contributed by atoms with Crippen LogP contribution >= 0.6 is 0 Å². The fourth-order valence-electron chi connectivity index (χ4n) is 3.08. The molecule has 1 aliphatic rings. The molecule has 0 aliphatic heterocycles. The lowest BCUT2D eigenvalue weighted by Gasteiger charge is -2.17. The Morgan fingerprint density at radius 3 is 2.18 bits per heavy atom. The van der Waals surface area contributed by atoms with Gasteiger partial charge in [-0.15, -0.1) is 0 Å². The molecule has 0 bridgehead atoms. The Labute approximate surface area is 132 Å². The molecule has 2 nitrogen and oxygen atoms in total. The van der Waals surface area contributed by atoms with E-state index in [0.717, 1.165) is 31.2 Å². The van der Waals surface area contributed by atoms with Gasteiger partial charge in [-0.2, -0.15) is 0 Å². The summed E-state index contributed by atoms with van der Waals surface area (Å²) in [7, 11) is 0. The first kappa shape index (κ1) is 14.8. The van der Waals surface area contributed by atoms with Gasteiger partial charge >= 0.3 is 5.97 Å². The Bertz CT molecular complexity index is 610. The zero-order valence-electron chi connectivity index (χ0n) is 13.0. The summed E-state index contributed by atoms with van der Waals surface area (Å²) in [4.78, 5) is 12.1. The van der Waals surface area contributed by atoms with Crippen LogP contribution in [0.5, 0.6) is 0 Å². The zero-order valence-corrected chi connectivity index (χ0v) is 13.0. The molecule has 114 valence electrons. The van der Waals surface area contributed by atoms with Crippen molar-refractivity contribution in [2.24, 2.45) is 5.92 Å². The van der Waals surface area contributed by atoms with E-state index in [2.05, 4.69) is 36.4 Å². The molecule has 0 amide bonds. The third-order valence-electron chi connectivity index (χ3n) is 4.47. The molecule has 1 atom stereocenters. The fraction of sp³-hybridized carbons (Fsp3) is 0.350. The molecule has 1 fully saturated rings. The molecule has 0 heterocycles. The average Bonchev–Trinajstić information content (AvgIpc) is 3.10. The summed E-state index contributed by atoms with van der Waals surface area (Å²) in [5.41, 5.74) is 3.43. The van der Waals surface area contributed by atoms with Gasteiger partial charge in [-0.3, -0.25) is 4.79 Å². The standard InChI is InChI=1S/C20H22O2/c1-15(22-20(21)19-9-5-6-10-19)16-11-13-18(14-12-16)17-7-3-2-4-8-17/h2-4,7-8,11-15,19H,5-6,9-10H2,1H3. The first-order valence-corrected chi connectivity index (χ1v) is 8.10. The Hall–Kier alpha value is -2.09. The minimum Gasteiger partial charge on any atom is -0.458 e. The number of hydrogen-bond acceptors (Lipinski definition) is 2. The number of carbonyl (C=O) groups is 1. The van der Waals surface area contributed by atoms with Gasteiger partial charge in [-0.25, -0.2) is 0 Å². The van der Waals surface area contributed by atoms with Crippen LogP contribution in [0.3, 0.4) is 0 Å². The van der Waals surface area contributed by atoms with Crippen LogP contribution in [0.2, 0.25) is 0 Å². The number of ether oxygens (including phenoxy) is 1. The molecule has 1 aliphatic carbocycles. The molecule has 1 unspecified atom stereocenters. The maximum Gasteiger partial charge on any atom is 0.309 e. The van der Waals surface area contributed by atoms with Gasteiger partial charge in [0, 0.05) is 0 Å². The van der Waals surface area contributed by atoms with Crippen molar-refractivity contribution in [1.82, 2.24) is 0 Å². The predicted molar refractivity (Wildman–Crippen MR) is 88.3 cm³/mol. The molecule has 2 aromatic carbocycles. The molecule has 22 heavy (non-hydrogen) atoms. The van der Waals surface area contributed by atoms with Gasteiger partial charge in [0.05, 0.1) is 5.92 Å². The van der Waals surface area contributed by atoms with Crippen LogP contribution in [0.15, 0.2) is 54.6 Å². The molecular formula is C20H22O2. The van der Waals surface area contributed by atoms with Crippen molar-refractivity contribution in [3.63, 3.8) is 0 Å². The minimum absolute atomic E-state index is 0.0304. The first-order chi connectivity index (χ1) is 10.7. The minimum atomic E-state index is -0.182. The number of hydrogen-bond donors (Lipinski definition) is 0.